The van der Waals surface area contributed by atoms with Crippen molar-refractivity contribution in [2.24, 2.45) is 0 Å². The van der Waals surface area contributed by atoms with Crippen molar-refractivity contribution in [3.05, 3.63) is 0 Å². The van der Waals surface area contributed by atoms with Gasteiger partial charge < -0.3 is 34.5 Å². The van der Waals surface area contributed by atoms with Crippen molar-refractivity contribution < 1.29 is 61.4 Å². The molecule has 138 valence electrons. The van der Waals surface area contributed by atoms with Crippen molar-refractivity contribution in [3.8, 4) is 0 Å². The monoisotopic (exact) mass is 402 g/mol. The van der Waals surface area contributed by atoms with Crippen LogP contribution in [-0.4, -0.2) is 60.8 Å². The average Bonchev–Trinajstić information content (AvgIpc) is 2.57. The Bertz CT molecular complexity index is 558. The summed E-state index contributed by atoms with van der Waals surface area (Å²) in [6.07, 6.45) is -1.66. The molecule has 1 fully saturated rings. The Hall–Kier alpha value is 0.290. The zero-order valence-electron chi connectivity index (χ0n) is 11.7. The Kier molecular flexibility index (Phi) is 6.74. The van der Waals surface area contributed by atoms with E-state index in [4.69, 9.17) is 19.4 Å². The summed E-state index contributed by atoms with van der Waals surface area (Å²) in [5, 5.41) is 19.1. The van der Waals surface area contributed by atoms with Crippen molar-refractivity contribution in [1.82, 2.24) is 0 Å². The predicted molar refractivity (Wildman–Crippen MR) is 70.8 cm³/mol. The second-order valence-electron chi connectivity index (χ2n) is 4.77. The number of rotatable bonds is 8. The van der Waals surface area contributed by atoms with Gasteiger partial charge in [-0.2, -0.15) is 8.62 Å². The van der Waals surface area contributed by atoms with Crippen LogP contribution in [0.2, 0.25) is 0 Å². The smallest absolute Gasteiger partial charge is 0.393 e. The molecule has 5 atom stereocenters. The molecule has 0 amide bonds. The molecule has 6 N–H and O–H groups in total. The quantitative estimate of drug-likeness (QED) is 0.276. The van der Waals surface area contributed by atoms with Crippen LogP contribution in [0.15, 0.2) is 0 Å². The highest BCUT2D eigenvalue weighted by atomic mass is 31.3. The lowest BCUT2D eigenvalue weighted by atomic mass is 9.99. The number of phosphoric ester groups is 1. The molecule has 0 spiro atoms. The molecule has 13 nitrogen and oxygen atoms in total. The Balaban J connectivity index is 2.74. The molecule has 1 aliphatic rings. The van der Waals surface area contributed by atoms with E-state index in [1.165, 1.54) is 0 Å². The van der Waals surface area contributed by atoms with Gasteiger partial charge in [0.15, 0.2) is 0 Å². The van der Waals surface area contributed by atoms with Crippen molar-refractivity contribution >= 4 is 23.5 Å². The van der Waals surface area contributed by atoms with E-state index in [2.05, 4.69) is 13.1 Å². The third-order valence-corrected chi connectivity index (χ3v) is 6.54. The second-order valence-corrected chi connectivity index (χ2v) is 9.19. The van der Waals surface area contributed by atoms with Gasteiger partial charge in [-0.3, -0.25) is 4.52 Å². The lowest BCUT2D eigenvalue weighted by Crippen LogP contribution is -2.47. The maximum absolute atomic E-state index is 11.5. The van der Waals surface area contributed by atoms with E-state index >= 15 is 0 Å². The normalized spacial score (nSPS) is 34.0. The SMILES string of the molecule is C[C@H]1C[C@@H](O)[C@@](CO)(COP(=O)(O)OP(=O)(O)OP(=O)(O)O)O1. The molecule has 0 aromatic rings. The standard InChI is InChI=1S/C7H17O13P3/c1-5-2-6(9)7(3-8,18-5)4-17-22(13,14)20-23(15,16)19-21(10,11)12/h5-6,8-9H,2-4H2,1H3,(H,13,14)(H,15,16)(H2,10,11,12)/t5-,6+,7+/m0/s1. The topological polar surface area (TPSA) is 210 Å². The minimum atomic E-state index is -5.62. The molecule has 16 heteroatoms. The summed E-state index contributed by atoms with van der Waals surface area (Å²) in [7, 11) is -16.4. The molecule has 0 saturated carbocycles. The zero-order valence-corrected chi connectivity index (χ0v) is 14.3. The fourth-order valence-electron chi connectivity index (χ4n) is 1.87. The number of aliphatic hydroxyl groups is 2. The van der Waals surface area contributed by atoms with Gasteiger partial charge >= 0.3 is 23.5 Å². The van der Waals surface area contributed by atoms with Crippen molar-refractivity contribution in [2.75, 3.05) is 13.2 Å². The van der Waals surface area contributed by atoms with Crippen LogP contribution < -0.4 is 0 Å². The van der Waals surface area contributed by atoms with Gasteiger partial charge in [0.1, 0.15) is 5.60 Å². The van der Waals surface area contributed by atoms with Gasteiger partial charge in [0.25, 0.3) is 0 Å². The highest BCUT2D eigenvalue weighted by Gasteiger charge is 2.49. The van der Waals surface area contributed by atoms with Gasteiger partial charge in [-0.25, -0.2) is 13.7 Å². The van der Waals surface area contributed by atoms with Crippen molar-refractivity contribution in [1.29, 1.82) is 0 Å². The largest absolute Gasteiger partial charge is 0.490 e. The zero-order chi connectivity index (χ0) is 18.1. The van der Waals surface area contributed by atoms with Gasteiger partial charge in [0.05, 0.1) is 25.4 Å². The molecule has 1 rings (SSSR count). The molecule has 0 aliphatic carbocycles. The fraction of sp³-hybridized carbons (Fsp3) is 1.00. The summed E-state index contributed by atoms with van der Waals surface area (Å²) in [6, 6.07) is 0. The van der Waals surface area contributed by atoms with Crippen LogP contribution in [0.3, 0.4) is 0 Å². The first-order valence-electron chi connectivity index (χ1n) is 5.95. The molecule has 1 heterocycles. The van der Waals surface area contributed by atoms with Crippen LogP contribution in [0.4, 0.5) is 0 Å². The fourth-order valence-corrected chi connectivity index (χ4v) is 4.95. The molecule has 0 bridgehead atoms. The number of aliphatic hydroxyl groups excluding tert-OH is 2. The van der Waals surface area contributed by atoms with Crippen LogP contribution in [0.1, 0.15) is 13.3 Å². The van der Waals surface area contributed by atoms with E-state index in [9.17, 15) is 28.8 Å². The van der Waals surface area contributed by atoms with E-state index < -0.39 is 54.5 Å². The van der Waals surface area contributed by atoms with Crippen LogP contribution in [0, 0.1) is 0 Å². The molecular formula is C7H17O13P3. The Morgan fingerprint density at radius 1 is 1.13 bits per heavy atom. The Morgan fingerprint density at radius 2 is 1.70 bits per heavy atom. The first-order chi connectivity index (χ1) is 10.2. The molecule has 0 aromatic carbocycles. The highest BCUT2D eigenvalue weighted by molar-refractivity contribution is 7.66. The first kappa shape index (κ1) is 21.3. The molecule has 0 radical (unpaired) electrons. The average molecular weight is 402 g/mol. The summed E-state index contributed by atoms with van der Waals surface area (Å²) in [4.78, 5) is 35.0. The molecule has 2 unspecified atom stereocenters. The molecule has 1 saturated heterocycles. The number of ether oxygens (including phenoxy) is 1. The third kappa shape index (κ3) is 6.60. The number of hydrogen-bond acceptors (Lipinski definition) is 9. The minimum Gasteiger partial charge on any atom is -0.393 e. The van der Waals surface area contributed by atoms with Gasteiger partial charge in [0.2, 0.25) is 0 Å². The Labute approximate surface area is 130 Å². The molecule has 23 heavy (non-hydrogen) atoms. The summed E-state index contributed by atoms with van der Waals surface area (Å²) in [6.45, 7) is -0.140. The third-order valence-electron chi connectivity index (χ3n) is 2.75. The van der Waals surface area contributed by atoms with Crippen LogP contribution in [-0.2, 0) is 31.6 Å². The summed E-state index contributed by atoms with van der Waals surface area (Å²) in [5.74, 6) is 0. The maximum Gasteiger partial charge on any atom is 0.490 e. The van der Waals surface area contributed by atoms with Crippen LogP contribution in [0.5, 0.6) is 0 Å². The van der Waals surface area contributed by atoms with E-state index in [1.54, 1.807) is 6.92 Å². The summed E-state index contributed by atoms with van der Waals surface area (Å²) in [5.41, 5.74) is -1.76. The van der Waals surface area contributed by atoms with Gasteiger partial charge in [-0.1, -0.05) is 0 Å². The Morgan fingerprint density at radius 3 is 2.09 bits per heavy atom. The van der Waals surface area contributed by atoms with Crippen molar-refractivity contribution in [3.63, 3.8) is 0 Å². The van der Waals surface area contributed by atoms with Gasteiger partial charge in [0, 0.05) is 6.42 Å². The molecular weight excluding hydrogens is 385 g/mol. The van der Waals surface area contributed by atoms with Gasteiger partial charge in [-0.05, 0) is 6.92 Å². The van der Waals surface area contributed by atoms with E-state index in [0.717, 1.165) is 0 Å². The lowest BCUT2D eigenvalue weighted by Gasteiger charge is -2.30. The van der Waals surface area contributed by atoms with E-state index in [1.807, 2.05) is 0 Å². The van der Waals surface area contributed by atoms with Crippen molar-refractivity contribution in [2.45, 2.75) is 31.2 Å². The van der Waals surface area contributed by atoms with Crippen LogP contribution in [0.25, 0.3) is 0 Å². The number of hydrogen-bond donors (Lipinski definition) is 6. The summed E-state index contributed by atoms with van der Waals surface area (Å²) < 4.78 is 49.8. The predicted octanol–water partition coefficient (Wildman–Crippen LogP) is -0.770. The number of phosphoric acid groups is 3. The van der Waals surface area contributed by atoms with Gasteiger partial charge in [-0.15, -0.1) is 0 Å². The van der Waals surface area contributed by atoms with E-state index in [-0.39, 0.29) is 6.42 Å². The lowest BCUT2D eigenvalue weighted by molar-refractivity contribution is -0.130. The minimum absolute atomic E-state index is 0.0975. The van der Waals surface area contributed by atoms with E-state index in [0.29, 0.717) is 0 Å². The highest BCUT2D eigenvalue weighted by Crippen LogP contribution is 2.66. The second kappa shape index (κ2) is 7.27. The first-order valence-corrected chi connectivity index (χ1v) is 10.5. The summed E-state index contributed by atoms with van der Waals surface area (Å²) >= 11 is 0. The molecule has 0 aromatic heterocycles. The molecule has 1 aliphatic heterocycles. The van der Waals surface area contributed by atoms with Crippen LogP contribution >= 0.6 is 23.5 Å². The maximum atomic E-state index is 11.5.